The highest BCUT2D eigenvalue weighted by Gasteiger charge is 2.17. The molecule has 1 aromatic heterocycles. The van der Waals surface area contributed by atoms with Crippen molar-refractivity contribution in [1.29, 1.82) is 0 Å². The second kappa shape index (κ2) is 6.91. The minimum absolute atomic E-state index is 0.271. The quantitative estimate of drug-likeness (QED) is 0.581. The van der Waals surface area contributed by atoms with Crippen LogP contribution in [0.25, 0.3) is 22.2 Å². The molecule has 1 heterocycles. The van der Waals surface area contributed by atoms with E-state index in [0.717, 1.165) is 41.5 Å². The molecule has 0 saturated heterocycles. The van der Waals surface area contributed by atoms with Gasteiger partial charge in [0.2, 0.25) is 0 Å². The van der Waals surface area contributed by atoms with Gasteiger partial charge in [-0.15, -0.1) is 0 Å². The number of hydrogen-bond acceptors (Lipinski definition) is 1. The third-order valence-electron chi connectivity index (χ3n) is 3.97. The van der Waals surface area contributed by atoms with Gasteiger partial charge in [0.25, 0.3) is 0 Å². The van der Waals surface area contributed by atoms with Gasteiger partial charge in [-0.2, -0.15) is 0 Å². The number of nitrogens with two attached hydrogens (primary N) is 1. The van der Waals surface area contributed by atoms with Crippen LogP contribution in [0.15, 0.2) is 36.4 Å². The van der Waals surface area contributed by atoms with Crippen LogP contribution in [0.1, 0.15) is 18.4 Å². The lowest BCUT2D eigenvalue weighted by Gasteiger charge is -2.07. The molecule has 3 aromatic rings. The molecule has 0 spiro atoms. The summed E-state index contributed by atoms with van der Waals surface area (Å²) in [6.45, 7) is 0.643. The van der Waals surface area contributed by atoms with Crippen LogP contribution in [0, 0.1) is 5.82 Å². The normalized spacial score (nSPS) is 11.3. The first-order valence-corrected chi connectivity index (χ1v) is 8.32. The Morgan fingerprint density at radius 3 is 2.70 bits per heavy atom. The van der Waals surface area contributed by atoms with E-state index in [9.17, 15) is 4.39 Å². The largest absolute Gasteiger partial charge is 0.352 e. The maximum atomic E-state index is 14.2. The molecule has 3 rings (SSSR count). The van der Waals surface area contributed by atoms with Gasteiger partial charge in [-0.25, -0.2) is 4.39 Å². The summed E-state index contributed by atoms with van der Waals surface area (Å²) >= 11 is 12.5. The number of H-pyrrole nitrogens is 1. The second-order valence-corrected chi connectivity index (χ2v) is 6.35. The number of nitrogens with one attached hydrogen (secondary N) is 1. The Hall–Kier alpha value is -1.55. The van der Waals surface area contributed by atoms with Crippen molar-refractivity contribution in [2.24, 2.45) is 5.73 Å². The molecule has 2 aromatic carbocycles. The topological polar surface area (TPSA) is 41.8 Å². The zero-order valence-electron chi connectivity index (χ0n) is 12.5. The Labute approximate surface area is 144 Å². The Bertz CT molecular complexity index is 842. The molecule has 0 amide bonds. The van der Waals surface area contributed by atoms with Gasteiger partial charge in [0.1, 0.15) is 5.82 Å². The van der Waals surface area contributed by atoms with Gasteiger partial charge in [0.15, 0.2) is 0 Å². The van der Waals surface area contributed by atoms with Gasteiger partial charge >= 0.3 is 0 Å². The van der Waals surface area contributed by atoms with E-state index in [-0.39, 0.29) is 5.82 Å². The Morgan fingerprint density at radius 2 is 1.91 bits per heavy atom. The van der Waals surface area contributed by atoms with Crippen molar-refractivity contribution < 1.29 is 4.39 Å². The molecule has 0 aliphatic carbocycles. The fourth-order valence-electron chi connectivity index (χ4n) is 2.86. The Morgan fingerprint density at radius 1 is 1.09 bits per heavy atom. The SMILES string of the molecule is NCCCCc1c(-c2cc(Cl)ccc2Cl)[nH]c2c(F)cccc12. The molecule has 0 unspecified atom stereocenters. The summed E-state index contributed by atoms with van der Waals surface area (Å²) in [5, 5.41) is 2.06. The Kier molecular flexibility index (Phi) is 4.90. The average molecular weight is 351 g/mol. The van der Waals surface area contributed by atoms with Crippen LogP contribution in [0.4, 0.5) is 4.39 Å². The van der Waals surface area contributed by atoms with Crippen LogP contribution in [0.5, 0.6) is 0 Å². The number of aromatic amines is 1. The van der Waals surface area contributed by atoms with Crippen molar-refractivity contribution in [3.63, 3.8) is 0 Å². The molecule has 0 radical (unpaired) electrons. The number of benzene rings is 2. The number of hydrogen-bond donors (Lipinski definition) is 2. The predicted molar refractivity (Wildman–Crippen MR) is 95.7 cm³/mol. The lowest BCUT2D eigenvalue weighted by molar-refractivity contribution is 0.637. The fourth-order valence-corrected chi connectivity index (χ4v) is 3.25. The first kappa shape index (κ1) is 16.3. The molecule has 0 aliphatic heterocycles. The first-order valence-electron chi connectivity index (χ1n) is 7.56. The molecule has 0 aliphatic rings. The van der Waals surface area contributed by atoms with Crippen LogP contribution in [0.3, 0.4) is 0 Å². The summed E-state index contributed by atoms with van der Waals surface area (Å²) < 4.78 is 14.2. The minimum atomic E-state index is -0.271. The van der Waals surface area contributed by atoms with Gasteiger partial charge in [-0.1, -0.05) is 35.3 Å². The van der Waals surface area contributed by atoms with Crippen LogP contribution >= 0.6 is 23.2 Å². The van der Waals surface area contributed by atoms with E-state index in [2.05, 4.69) is 4.98 Å². The monoisotopic (exact) mass is 350 g/mol. The van der Waals surface area contributed by atoms with Gasteiger partial charge in [0.05, 0.1) is 11.2 Å². The number of fused-ring (bicyclic) bond motifs is 1. The molecule has 5 heteroatoms. The lowest BCUT2D eigenvalue weighted by atomic mass is 10.00. The van der Waals surface area contributed by atoms with E-state index in [1.165, 1.54) is 6.07 Å². The lowest BCUT2D eigenvalue weighted by Crippen LogP contribution is -1.99. The van der Waals surface area contributed by atoms with Crippen molar-refractivity contribution in [2.45, 2.75) is 19.3 Å². The van der Waals surface area contributed by atoms with Crippen LogP contribution in [-0.4, -0.2) is 11.5 Å². The van der Waals surface area contributed by atoms with Gasteiger partial charge in [0, 0.05) is 21.0 Å². The average Bonchev–Trinajstić information content (AvgIpc) is 2.90. The number of para-hydroxylation sites is 1. The molecule has 0 atom stereocenters. The summed E-state index contributed by atoms with van der Waals surface area (Å²) in [5.74, 6) is -0.271. The van der Waals surface area contributed by atoms with E-state index in [0.29, 0.717) is 22.1 Å². The summed E-state index contributed by atoms with van der Waals surface area (Å²) in [7, 11) is 0. The second-order valence-electron chi connectivity index (χ2n) is 5.51. The van der Waals surface area contributed by atoms with Crippen molar-refractivity contribution in [3.05, 3.63) is 57.8 Å². The zero-order valence-corrected chi connectivity index (χ0v) is 14.0. The maximum absolute atomic E-state index is 14.2. The van der Waals surface area contributed by atoms with Crippen molar-refractivity contribution >= 4 is 34.1 Å². The van der Waals surface area contributed by atoms with E-state index >= 15 is 0 Å². The first-order chi connectivity index (χ1) is 11.1. The van der Waals surface area contributed by atoms with Crippen LogP contribution < -0.4 is 5.73 Å². The van der Waals surface area contributed by atoms with Crippen molar-refractivity contribution in [1.82, 2.24) is 4.98 Å². The van der Waals surface area contributed by atoms with Gasteiger partial charge < -0.3 is 10.7 Å². The number of aromatic nitrogens is 1. The Balaban J connectivity index is 2.20. The maximum Gasteiger partial charge on any atom is 0.147 e. The van der Waals surface area contributed by atoms with E-state index < -0.39 is 0 Å². The molecule has 23 heavy (non-hydrogen) atoms. The highest BCUT2D eigenvalue weighted by molar-refractivity contribution is 6.35. The molecule has 0 saturated carbocycles. The summed E-state index contributed by atoms with van der Waals surface area (Å²) in [6.07, 6.45) is 2.66. The summed E-state index contributed by atoms with van der Waals surface area (Å²) in [4.78, 5) is 3.19. The molecular formula is C18H17Cl2FN2. The highest BCUT2D eigenvalue weighted by atomic mass is 35.5. The smallest absolute Gasteiger partial charge is 0.147 e. The van der Waals surface area contributed by atoms with E-state index in [4.69, 9.17) is 28.9 Å². The molecule has 2 nitrogen and oxygen atoms in total. The minimum Gasteiger partial charge on any atom is -0.352 e. The third kappa shape index (κ3) is 3.23. The summed E-state index contributed by atoms with van der Waals surface area (Å²) in [6, 6.07) is 10.4. The molecular weight excluding hydrogens is 334 g/mol. The molecule has 120 valence electrons. The third-order valence-corrected chi connectivity index (χ3v) is 4.53. The van der Waals surface area contributed by atoms with E-state index in [1.807, 2.05) is 6.07 Å². The standard InChI is InChI=1S/C18H17Cl2FN2/c19-11-7-8-15(20)14(10-11)17-12(4-1-2-9-22)13-5-3-6-16(21)18(13)23-17/h3,5-8,10,23H,1-2,4,9,22H2. The predicted octanol–water partition coefficient (Wildman–Crippen LogP) is 5.56. The van der Waals surface area contributed by atoms with Crippen molar-refractivity contribution in [2.75, 3.05) is 6.54 Å². The van der Waals surface area contributed by atoms with Crippen LogP contribution in [0.2, 0.25) is 10.0 Å². The fraction of sp³-hybridized carbons (Fsp3) is 0.222. The van der Waals surface area contributed by atoms with Gasteiger partial charge in [-0.3, -0.25) is 0 Å². The number of unbranched alkanes of at least 4 members (excludes halogenated alkanes) is 1. The summed E-state index contributed by atoms with van der Waals surface area (Å²) in [5.41, 5.74) is 8.76. The zero-order chi connectivity index (χ0) is 16.4. The number of halogens is 3. The van der Waals surface area contributed by atoms with Crippen molar-refractivity contribution in [3.8, 4) is 11.3 Å². The molecule has 3 N–H and O–H groups in total. The van der Waals surface area contributed by atoms with Gasteiger partial charge in [-0.05, 0) is 55.6 Å². The molecule has 0 fully saturated rings. The van der Waals surface area contributed by atoms with Crippen LogP contribution in [-0.2, 0) is 6.42 Å². The number of rotatable bonds is 5. The molecule has 0 bridgehead atoms. The van der Waals surface area contributed by atoms with E-state index in [1.54, 1.807) is 24.3 Å². The highest BCUT2D eigenvalue weighted by Crippen LogP contribution is 2.37. The number of aryl methyl sites for hydroxylation is 1.